The van der Waals surface area contributed by atoms with Crippen LogP contribution in [0.4, 0.5) is 5.69 Å². The molecular formula is C13H17N7O2S. The molecule has 1 saturated heterocycles. The van der Waals surface area contributed by atoms with Crippen LogP contribution in [0.5, 0.6) is 0 Å². The van der Waals surface area contributed by atoms with E-state index >= 15 is 0 Å². The smallest absolute Gasteiger partial charge is 0.269 e. The monoisotopic (exact) mass is 335 g/mol. The molecule has 1 aromatic heterocycles. The highest BCUT2D eigenvalue weighted by atomic mass is 32.2. The average Bonchev–Trinajstić information content (AvgIpc) is 3.11. The number of hydrazine groups is 1. The second-order valence-electron chi connectivity index (χ2n) is 5.40. The van der Waals surface area contributed by atoms with E-state index in [2.05, 4.69) is 28.0 Å². The molecule has 2 unspecified atom stereocenters. The molecule has 2 heterocycles. The van der Waals surface area contributed by atoms with Gasteiger partial charge in [0, 0.05) is 23.9 Å². The van der Waals surface area contributed by atoms with Crippen LogP contribution in [0.2, 0.25) is 0 Å². The number of hydrogen-bond acceptors (Lipinski definition) is 8. The van der Waals surface area contributed by atoms with Gasteiger partial charge in [-0.2, -0.15) is 0 Å². The van der Waals surface area contributed by atoms with Crippen LogP contribution in [-0.4, -0.2) is 25.8 Å². The highest BCUT2D eigenvalue weighted by Gasteiger charge is 2.27. The number of nitrogens with two attached hydrogens (primary N) is 1. The molecule has 122 valence electrons. The van der Waals surface area contributed by atoms with Crippen molar-refractivity contribution in [1.82, 2.24) is 25.7 Å². The van der Waals surface area contributed by atoms with Crippen molar-refractivity contribution in [2.24, 2.45) is 0 Å². The van der Waals surface area contributed by atoms with Gasteiger partial charge in [0.05, 0.1) is 11.0 Å². The van der Waals surface area contributed by atoms with Crippen LogP contribution in [-0.2, 0) is 5.75 Å². The maximum atomic E-state index is 10.6. The fraction of sp³-hybridized carbons (Fsp3) is 0.385. The summed E-state index contributed by atoms with van der Waals surface area (Å²) in [4.78, 5) is 10.2. The summed E-state index contributed by atoms with van der Waals surface area (Å²) in [6, 6.07) is 6.83. The summed E-state index contributed by atoms with van der Waals surface area (Å²) in [7, 11) is 0. The van der Waals surface area contributed by atoms with E-state index in [1.165, 1.54) is 28.6 Å². The lowest BCUT2D eigenvalue weighted by molar-refractivity contribution is -0.384. The molecule has 1 aliphatic rings. The molecule has 2 atom stereocenters. The van der Waals surface area contributed by atoms with Gasteiger partial charge in [-0.3, -0.25) is 15.5 Å². The summed E-state index contributed by atoms with van der Waals surface area (Å²) >= 11 is 1.44. The summed E-state index contributed by atoms with van der Waals surface area (Å²) in [5, 5.41) is 19.5. The summed E-state index contributed by atoms with van der Waals surface area (Å²) in [6.07, 6.45) is 0.891. The number of nitrogen functional groups attached to an aromatic ring is 1. The molecular weight excluding hydrogens is 318 g/mol. The minimum absolute atomic E-state index is 0.0382. The van der Waals surface area contributed by atoms with Crippen LogP contribution in [0.15, 0.2) is 29.4 Å². The first-order valence-corrected chi connectivity index (χ1v) is 8.10. The van der Waals surface area contributed by atoms with Gasteiger partial charge >= 0.3 is 0 Å². The molecule has 0 radical (unpaired) electrons. The summed E-state index contributed by atoms with van der Waals surface area (Å²) < 4.78 is 1.49. The van der Waals surface area contributed by atoms with E-state index in [1.807, 2.05) is 0 Å². The third-order valence-corrected chi connectivity index (χ3v) is 4.63. The van der Waals surface area contributed by atoms with Crippen molar-refractivity contribution in [1.29, 1.82) is 0 Å². The summed E-state index contributed by atoms with van der Waals surface area (Å²) in [5.41, 5.74) is 7.31. The maximum absolute atomic E-state index is 10.6. The molecule has 4 N–H and O–H groups in total. The largest absolute Gasteiger partial charge is 0.335 e. The maximum Gasteiger partial charge on any atom is 0.269 e. The molecule has 9 nitrogen and oxygen atoms in total. The Kier molecular flexibility index (Phi) is 4.46. The quantitative estimate of drug-likeness (QED) is 0.321. The van der Waals surface area contributed by atoms with E-state index in [0.717, 1.165) is 12.0 Å². The molecule has 1 aromatic carbocycles. The number of aromatic nitrogens is 3. The van der Waals surface area contributed by atoms with Crippen molar-refractivity contribution >= 4 is 17.4 Å². The van der Waals surface area contributed by atoms with E-state index in [9.17, 15) is 10.1 Å². The Bertz CT molecular complexity index is 703. The predicted octanol–water partition coefficient (Wildman–Crippen LogP) is 1.12. The Hall–Kier alpha value is -2.17. The molecule has 0 saturated carbocycles. The summed E-state index contributed by atoms with van der Waals surface area (Å²) in [5.74, 6) is 7.37. The first-order valence-electron chi connectivity index (χ1n) is 7.12. The second kappa shape index (κ2) is 6.52. The number of thioether (sulfide) groups is 1. The van der Waals surface area contributed by atoms with Gasteiger partial charge < -0.3 is 5.84 Å². The average molecular weight is 335 g/mol. The number of nitro groups is 1. The van der Waals surface area contributed by atoms with Gasteiger partial charge in [0.15, 0.2) is 5.82 Å². The lowest BCUT2D eigenvalue weighted by Gasteiger charge is -2.08. The van der Waals surface area contributed by atoms with Gasteiger partial charge in [-0.05, 0) is 18.9 Å². The third kappa shape index (κ3) is 3.44. The highest BCUT2D eigenvalue weighted by Crippen LogP contribution is 2.25. The first-order chi connectivity index (χ1) is 11.0. The zero-order valence-corrected chi connectivity index (χ0v) is 13.3. The number of nitro benzene ring substituents is 1. The van der Waals surface area contributed by atoms with Gasteiger partial charge in [0.25, 0.3) is 5.69 Å². The van der Waals surface area contributed by atoms with E-state index < -0.39 is 4.92 Å². The molecule has 0 aliphatic carbocycles. The topological polar surface area (TPSA) is 124 Å². The minimum atomic E-state index is -0.413. The van der Waals surface area contributed by atoms with Crippen molar-refractivity contribution in [3.8, 4) is 0 Å². The fourth-order valence-electron chi connectivity index (χ4n) is 2.37. The molecule has 10 heteroatoms. The summed E-state index contributed by atoms with van der Waals surface area (Å²) in [6.45, 7) is 2.08. The van der Waals surface area contributed by atoms with E-state index in [-0.39, 0.29) is 11.7 Å². The Balaban J connectivity index is 1.64. The van der Waals surface area contributed by atoms with E-state index in [1.54, 1.807) is 12.1 Å². The van der Waals surface area contributed by atoms with Gasteiger partial charge in [-0.25, -0.2) is 10.1 Å². The van der Waals surface area contributed by atoms with E-state index in [0.29, 0.717) is 22.8 Å². The van der Waals surface area contributed by atoms with Gasteiger partial charge in [0.2, 0.25) is 5.16 Å². The standard InChI is InChI=1S/C13H17N7O2S/c1-8-6-11(16-15-8)12-17-18-13(19(12)14)23-7-9-2-4-10(5-3-9)20(21)22/h2-5,8,11,15-16H,6-7,14H2,1H3. The van der Waals surface area contributed by atoms with Crippen LogP contribution in [0.3, 0.4) is 0 Å². The van der Waals surface area contributed by atoms with Crippen molar-refractivity contribution in [2.75, 3.05) is 5.84 Å². The van der Waals surface area contributed by atoms with Crippen molar-refractivity contribution in [2.45, 2.75) is 36.3 Å². The van der Waals surface area contributed by atoms with Crippen molar-refractivity contribution < 1.29 is 4.92 Å². The Morgan fingerprint density at radius 1 is 1.39 bits per heavy atom. The SMILES string of the molecule is CC1CC(c2nnc(SCc3ccc([N+](=O)[O-])cc3)n2N)NN1. The number of nitrogens with one attached hydrogen (secondary N) is 2. The van der Waals surface area contributed by atoms with Crippen molar-refractivity contribution in [3.63, 3.8) is 0 Å². The molecule has 2 aromatic rings. The second-order valence-corrected chi connectivity index (χ2v) is 6.34. The number of hydrogen-bond donors (Lipinski definition) is 3. The van der Waals surface area contributed by atoms with Crippen LogP contribution in [0.25, 0.3) is 0 Å². The molecule has 23 heavy (non-hydrogen) atoms. The fourth-order valence-corrected chi connectivity index (χ4v) is 3.19. The van der Waals surface area contributed by atoms with Gasteiger partial charge in [-0.15, -0.1) is 10.2 Å². The van der Waals surface area contributed by atoms with Gasteiger partial charge in [0.1, 0.15) is 0 Å². The third-order valence-electron chi connectivity index (χ3n) is 3.61. The zero-order valence-electron chi connectivity index (χ0n) is 12.5. The minimum Gasteiger partial charge on any atom is -0.335 e. The predicted molar refractivity (Wildman–Crippen MR) is 85.9 cm³/mol. The molecule has 0 spiro atoms. The number of nitrogens with zero attached hydrogens (tertiary/aromatic N) is 4. The highest BCUT2D eigenvalue weighted by molar-refractivity contribution is 7.98. The zero-order chi connectivity index (χ0) is 16.4. The van der Waals surface area contributed by atoms with Crippen LogP contribution < -0.4 is 16.7 Å². The van der Waals surface area contributed by atoms with Crippen LogP contribution >= 0.6 is 11.8 Å². The Morgan fingerprint density at radius 3 is 2.74 bits per heavy atom. The van der Waals surface area contributed by atoms with Gasteiger partial charge in [-0.1, -0.05) is 23.9 Å². The molecule has 3 rings (SSSR count). The lowest BCUT2D eigenvalue weighted by Crippen LogP contribution is -2.30. The normalized spacial score (nSPS) is 20.7. The van der Waals surface area contributed by atoms with Crippen molar-refractivity contribution in [3.05, 3.63) is 45.8 Å². The van der Waals surface area contributed by atoms with Crippen LogP contribution in [0, 0.1) is 10.1 Å². The first kappa shape index (κ1) is 15.7. The molecule has 0 amide bonds. The Morgan fingerprint density at radius 2 is 2.13 bits per heavy atom. The number of benzene rings is 1. The molecule has 1 aliphatic heterocycles. The van der Waals surface area contributed by atoms with Crippen LogP contribution in [0.1, 0.15) is 30.8 Å². The number of non-ortho nitro benzene ring substituents is 1. The molecule has 1 fully saturated rings. The molecule has 0 bridgehead atoms. The number of rotatable bonds is 5. The Labute approximate surface area is 136 Å². The van der Waals surface area contributed by atoms with E-state index in [4.69, 9.17) is 5.84 Å². The lowest BCUT2D eigenvalue weighted by atomic mass is 10.1.